The van der Waals surface area contributed by atoms with E-state index in [1.165, 1.54) is 0 Å². The van der Waals surface area contributed by atoms with E-state index in [0.29, 0.717) is 24.8 Å². The molecule has 4 N–H and O–H groups in total. The summed E-state index contributed by atoms with van der Waals surface area (Å²) in [4.78, 5) is 16.3. The number of nitrogens with zero attached hydrogens (tertiary/aromatic N) is 1. The fourth-order valence-corrected chi connectivity index (χ4v) is 2.41. The van der Waals surface area contributed by atoms with Gasteiger partial charge in [0.2, 0.25) is 5.91 Å². The van der Waals surface area contributed by atoms with Crippen molar-refractivity contribution < 1.29 is 14.3 Å². The lowest BCUT2D eigenvalue weighted by Gasteiger charge is -2.22. The number of benzene rings is 1. The zero-order valence-electron chi connectivity index (χ0n) is 16.1. The first kappa shape index (κ1) is 20.5. The van der Waals surface area contributed by atoms with Crippen LogP contribution in [0.25, 0.3) is 0 Å². The van der Waals surface area contributed by atoms with Crippen molar-refractivity contribution in [3.63, 3.8) is 0 Å². The second-order valence-corrected chi connectivity index (χ2v) is 6.50. The Kier molecular flexibility index (Phi) is 7.43. The molecule has 2 aromatic rings. The van der Waals surface area contributed by atoms with Crippen LogP contribution >= 0.6 is 0 Å². The number of hydrogen-bond donors (Lipinski definition) is 4. The molecule has 0 aliphatic carbocycles. The van der Waals surface area contributed by atoms with Crippen molar-refractivity contribution >= 4 is 11.9 Å². The number of hydrogen-bond acceptors (Lipinski definition) is 4. The molecule has 7 nitrogen and oxygen atoms in total. The Morgan fingerprint density at radius 1 is 1.15 bits per heavy atom. The van der Waals surface area contributed by atoms with Crippen LogP contribution in [0, 0.1) is 6.92 Å². The Labute approximate surface area is 159 Å². The molecule has 0 bridgehead atoms. The van der Waals surface area contributed by atoms with E-state index in [-0.39, 0.29) is 19.0 Å². The second kappa shape index (κ2) is 9.78. The summed E-state index contributed by atoms with van der Waals surface area (Å²) in [5, 5.41) is 19.5. The highest BCUT2D eigenvalue weighted by Gasteiger charge is 2.27. The molecule has 146 valence electrons. The topological polar surface area (TPSA) is 98.9 Å². The average Bonchev–Trinajstić information content (AvgIpc) is 3.10. The highest BCUT2D eigenvalue weighted by Crippen LogP contribution is 2.21. The summed E-state index contributed by atoms with van der Waals surface area (Å²) >= 11 is 0. The highest BCUT2D eigenvalue weighted by molar-refractivity contribution is 5.84. The molecule has 0 saturated carbocycles. The van der Waals surface area contributed by atoms with E-state index < -0.39 is 5.60 Å². The Morgan fingerprint density at radius 3 is 2.52 bits per heavy atom. The molecule has 0 spiro atoms. The zero-order chi connectivity index (χ0) is 19.7. The molecule has 7 heteroatoms. The lowest BCUT2D eigenvalue weighted by atomic mass is 10.0. The maximum absolute atomic E-state index is 12.0. The number of furan rings is 1. The molecular weight excluding hydrogens is 344 g/mol. The molecule has 0 fully saturated rings. The predicted molar refractivity (Wildman–Crippen MR) is 105 cm³/mol. The third-order valence-corrected chi connectivity index (χ3v) is 3.93. The summed E-state index contributed by atoms with van der Waals surface area (Å²) in [7, 11) is 0. The number of carbonyl (C=O) groups excluding carboxylic acids is 1. The quantitative estimate of drug-likeness (QED) is 0.417. The van der Waals surface area contributed by atoms with Crippen LogP contribution in [-0.4, -0.2) is 36.6 Å². The van der Waals surface area contributed by atoms with Gasteiger partial charge in [-0.15, -0.1) is 0 Å². The molecule has 27 heavy (non-hydrogen) atoms. The van der Waals surface area contributed by atoms with E-state index in [0.717, 1.165) is 11.3 Å². The number of nitrogens with one attached hydrogen (secondary N) is 3. The van der Waals surface area contributed by atoms with Crippen LogP contribution in [-0.2, 0) is 16.9 Å². The van der Waals surface area contributed by atoms with E-state index in [2.05, 4.69) is 20.9 Å². The first-order valence-electron chi connectivity index (χ1n) is 9.03. The van der Waals surface area contributed by atoms with Gasteiger partial charge < -0.3 is 25.5 Å². The minimum absolute atomic E-state index is 0.00975. The molecule has 0 saturated heterocycles. The molecule has 1 unspecified atom stereocenters. The molecule has 1 amide bonds. The van der Waals surface area contributed by atoms with E-state index >= 15 is 0 Å². The number of amides is 1. The third-order valence-electron chi connectivity index (χ3n) is 3.93. The van der Waals surface area contributed by atoms with E-state index in [1.54, 1.807) is 19.1 Å². The van der Waals surface area contributed by atoms with Crippen LogP contribution in [0.2, 0.25) is 0 Å². The van der Waals surface area contributed by atoms with Crippen LogP contribution in [0.5, 0.6) is 0 Å². The number of aryl methyl sites for hydroxylation is 1. The smallest absolute Gasteiger partial charge is 0.242 e. The van der Waals surface area contributed by atoms with Gasteiger partial charge in [0.25, 0.3) is 0 Å². The van der Waals surface area contributed by atoms with Gasteiger partial charge in [0.1, 0.15) is 23.7 Å². The normalized spacial score (nSPS) is 13.7. The fraction of sp³-hybridized carbons (Fsp3) is 0.400. The number of aliphatic hydroxyl groups is 1. The van der Waals surface area contributed by atoms with Gasteiger partial charge in [-0.25, -0.2) is 4.99 Å². The molecule has 1 heterocycles. The average molecular weight is 372 g/mol. The van der Waals surface area contributed by atoms with E-state index in [9.17, 15) is 9.90 Å². The Balaban J connectivity index is 1.86. The summed E-state index contributed by atoms with van der Waals surface area (Å²) < 4.78 is 5.50. The largest absolute Gasteiger partial charge is 0.463 e. The van der Waals surface area contributed by atoms with Crippen LogP contribution in [0.4, 0.5) is 0 Å². The Morgan fingerprint density at radius 2 is 1.89 bits per heavy atom. The zero-order valence-corrected chi connectivity index (χ0v) is 16.1. The van der Waals surface area contributed by atoms with E-state index in [4.69, 9.17) is 4.42 Å². The van der Waals surface area contributed by atoms with Crippen molar-refractivity contribution in [2.45, 2.75) is 32.9 Å². The van der Waals surface area contributed by atoms with Gasteiger partial charge in [-0.1, -0.05) is 30.3 Å². The van der Waals surface area contributed by atoms with Crippen molar-refractivity contribution in [1.29, 1.82) is 0 Å². The molecule has 1 aromatic carbocycles. The first-order valence-corrected chi connectivity index (χ1v) is 9.03. The fourth-order valence-electron chi connectivity index (χ4n) is 2.41. The van der Waals surface area contributed by atoms with Crippen molar-refractivity contribution in [3.05, 3.63) is 59.5 Å². The van der Waals surface area contributed by atoms with Crippen LogP contribution in [0.1, 0.15) is 30.9 Å². The summed E-state index contributed by atoms with van der Waals surface area (Å²) in [6.07, 6.45) is 0. The monoisotopic (exact) mass is 372 g/mol. The van der Waals surface area contributed by atoms with Gasteiger partial charge in [-0.2, -0.15) is 0 Å². The Hall–Kier alpha value is -2.80. The van der Waals surface area contributed by atoms with Gasteiger partial charge in [0.05, 0.1) is 6.54 Å². The van der Waals surface area contributed by atoms with Crippen molar-refractivity contribution in [2.24, 2.45) is 4.99 Å². The van der Waals surface area contributed by atoms with Crippen molar-refractivity contribution in [2.75, 3.05) is 19.6 Å². The minimum atomic E-state index is -1.19. The van der Waals surface area contributed by atoms with E-state index in [1.807, 2.05) is 44.2 Å². The lowest BCUT2D eigenvalue weighted by Crippen LogP contribution is -2.45. The Bertz CT molecular complexity index is 754. The molecule has 2 rings (SSSR count). The summed E-state index contributed by atoms with van der Waals surface area (Å²) in [5.74, 6) is 1.49. The second-order valence-electron chi connectivity index (χ2n) is 6.50. The number of aliphatic imine (C=N–C) groups is 1. The number of guanidine groups is 1. The van der Waals surface area contributed by atoms with Crippen LogP contribution < -0.4 is 16.0 Å². The molecule has 1 atom stereocenters. The predicted octanol–water partition coefficient (Wildman–Crippen LogP) is 1.67. The minimum Gasteiger partial charge on any atom is -0.463 e. The van der Waals surface area contributed by atoms with Crippen molar-refractivity contribution in [3.8, 4) is 0 Å². The molecule has 0 aliphatic rings. The molecule has 0 aliphatic heterocycles. The molecule has 0 radical (unpaired) electrons. The van der Waals surface area contributed by atoms with Crippen LogP contribution in [0.15, 0.2) is 51.9 Å². The van der Waals surface area contributed by atoms with Gasteiger partial charge in [-0.3, -0.25) is 4.79 Å². The van der Waals surface area contributed by atoms with Gasteiger partial charge >= 0.3 is 0 Å². The van der Waals surface area contributed by atoms with Crippen LogP contribution in [0.3, 0.4) is 0 Å². The van der Waals surface area contributed by atoms with Crippen molar-refractivity contribution in [1.82, 2.24) is 16.0 Å². The molecule has 1 aromatic heterocycles. The first-order chi connectivity index (χ1) is 12.9. The molecular formula is C20H28N4O3. The van der Waals surface area contributed by atoms with Gasteiger partial charge in [-0.05, 0) is 38.5 Å². The van der Waals surface area contributed by atoms with Gasteiger partial charge in [0.15, 0.2) is 5.96 Å². The summed E-state index contributed by atoms with van der Waals surface area (Å²) in [6, 6.07) is 13.3. The summed E-state index contributed by atoms with van der Waals surface area (Å²) in [5.41, 5.74) is -0.162. The summed E-state index contributed by atoms with van der Waals surface area (Å²) in [6.45, 7) is 6.70. The number of carbonyl (C=O) groups is 1. The third kappa shape index (κ3) is 6.79. The maximum atomic E-state index is 12.0. The standard InChI is InChI=1S/C20H28N4O3/c1-4-21-19(24-14-20(3,26)17-11-10-15(2)27-17)23-13-18(25)22-12-16-8-6-5-7-9-16/h5-11,26H,4,12-14H2,1-3H3,(H,22,25)(H2,21,23,24). The number of rotatable bonds is 8. The lowest BCUT2D eigenvalue weighted by molar-refractivity contribution is -0.119. The maximum Gasteiger partial charge on any atom is 0.242 e. The van der Waals surface area contributed by atoms with Gasteiger partial charge in [0, 0.05) is 13.1 Å². The highest BCUT2D eigenvalue weighted by atomic mass is 16.4. The SMILES string of the molecule is CCNC(=NCC(=O)NCc1ccccc1)NCC(C)(O)c1ccc(C)o1.